The van der Waals surface area contributed by atoms with E-state index in [0.29, 0.717) is 11.4 Å². The first-order valence-corrected chi connectivity index (χ1v) is 5.52. The average Bonchev–Trinajstić information content (AvgIpc) is 2.41. The number of ether oxygens (including phenoxy) is 1. The first-order chi connectivity index (χ1) is 8.66. The van der Waals surface area contributed by atoms with E-state index in [0.717, 1.165) is 4.42 Å². The lowest BCUT2D eigenvalue weighted by Gasteiger charge is -2.13. The maximum absolute atomic E-state index is 11.7. The van der Waals surface area contributed by atoms with Crippen molar-refractivity contribution in [3.8, 4) is 11.5 Å². The fraction of sp³-hybridized carbons (Fsp3) is 0. The molecule has 92 valence electrons. The highest BCUT2D eigenvalue weighted by Crippen LogP contribution is 2.20. The van der Waals surface area contributed by atoms with Gasteiger partial charge in [0.15, 0.2) is 0 Å². The summed E-state index contributed by atoms with van der Waals surface area (Å²) in [6.07, 6.45) is -0.714. The van der Waals surface area contributed by atoms with Crippen molar-refractivity contribution in [1.82, 2.24) is 0 Å². The fourth-order valence-electron chi connectivity index (χ4n) is 1.32. The predicted molar refractivity (Wildman–Crippen MR) is 68.9 cm³/mol. The summed E-state index contributed by atoms with van der Waals surface area (Å²) in [6.45, 7) is 0. The van der Waals surface area contributed by atoms with Crippen LogP contribution in [0.15, 0.2) is 54.6 Å². The Bertz CT molecular complexity index is 528. The van der Waals surface area contributed by atoms with Crippen LogP contribution < -0.4 is 9.16 Å². The molecule has 0 atom stereocenters. The van der Waals surface area contributed by atoms with Crippen LogP contribution in [0.4, 0.5) is 10.5 Å². The number of rotatable bonds is 2. The molecule has 2 rings (SSSR count). The third-order valence-electron chi connectivity index (χ3n) is 2.19. The monoisotopic (exact) mass is 263 g/mol. The van der Waals surface area contributed by atoms with Crippen molar-refractivity contribution in [3.05, 3.63) is 54.6 Å². The van der Waals surface area contributed by atoms with Gasteiger partial charge in [0.2, 0.25) is 0 Å². The van der Waals surface area contributed by atoms with Crippen LogP contribution in [0.5, 0.6) is 11.5 Å². The van der Waals surface area contributed by atoms with Crippen molar-refractivity contribution in [2.45, 2.75) is 0 Å². The summed E-state index contributed by atoms with van der Waals surface area (Å²) in [4.78, 5) is 11.7. The Morgan fingerprint density at radius 2 is 1.67 bits per heavy atom. The molecule has 0 aliphatic heterocycles. The second kappa shape index (κ2) is 5.42. The van der Waals surface area contributed by atoms with Crippen molar-refractivity contribution >= 4 is 23.6 Å². The third-order valence-corrected chi connectivity index (χ3v) is 2.52. The molecule has 1 N–H and O–H groups in total. The van der Waals surface area contributed by atoms with Crippen LogP contribution in [0.25, 0.3) is 0 Å². The number of phenols is 1. The Balaban J connectivity index is 2.06. The molecule has 0 aliphatic carbocycles. The number of hydrogen-bond donors (Lipinski definition) is 1. The summed E-state index contributed by atoms with van der Waals surface area (Å²) < 4.78 is 5.91. The van der Waals surface area contributed by atoms with Gasteiger partial charge in [-0.2, -0.15) is 4.42 Å². The van der Waals surface area contributed by atoms with E-state index in [1.807, 2.05) is 6.07 Å². The smallest absolute Gasteiger partial charge is 0.434 e. The van der Waals surface area contributed by atoms with Gasteiger partial charge in [-0.25, -0.2) is 4.79 Å². The van der Waals surface area contributed by atoms with E-state index < -0.39 is 6.09 Å². The first-order valence-electron chi connectivity index (χ1n) is 5.18. The Hall–Kier alpha value is -2.20. The Morgan fingerprint density at radius 1 is 1.06 bits per heavy atom. The molecular weight excluding hydrogens is 254 g/mol. The number of halogens is 1. The molecule has 0 aliphatic rings. The Morgan fingerprint density at radius 3 is 2.28 bits per heavy atom. The van der Waals surface area contributed by atoms with Crippen molar-refractivity contribution in [2.24, 2.45) is 0 Å². The SMILES string of the molecule is O=C(Oc1ccc(O)cc1)N(Cl)c1ccccc1. The van der Waals surface area contributed by atoms with E-state index in [4.69, 9.17) is 21.6 Å². The van der Waals surface area contributed by atoms with Crippen molar-refractivity contribution in [3.63, 3.8) is 0 Å². The molecule has 0 saturated carbocycles. The van der Waals surface area contributed by atoms with Crippen LogP contribution in [0.2, 0.25) is 0 Å². The van der Waals surface area contributed by atoms with Crippen LogP contribution in [0, 0.1) is 0 Å². The van der Waals surface area contributed by atoms with Crippen LogP contribution in [0.1, 0.15) is 0 Å². The maximum atomic E-state index is 11.7. The molecule has 0 bridgehead atoms. The number of benzene rings is 2. The molecular formula is C13H10ClNO3. The lowest BCUT2D eigenvalue weighted by molar-refractivity contribution is 0.211. The van der Waals surface area contributed by atoms with Gasteiger partial charge in [-0.15, -0.1) is 0 Å². The highest BCUT2D eigenvalue weighted by molar-refractivity contribution is 6.35. The summed E-state index contributed by atoms with van der Waals surface area (Å²) in [5, 5.41) is 9.10. The number of hydrogen-bond acceptors (Lipinski definition) is 3. The third kappa shape index (κ3) is 2.93. The highest BCUT2D eigenvalue weighted by Gasteiger charge is 2.15. The fourth-order valence-corrected chi connectivity index (χ4v) is 1.47. The zero-order valence-electron chi connectivity index (χ0n) is 9.29. The van der Waals surface area contributed by atoms with Crippen molar-refractivity contribution < 1.29 is 14.6 Å². The number of aromatic hydroxyl groups is 1. The molecule has 18 heavy (non-hydrogen) atoms. The first kappa shape index (κ1) is 12.3. The maximum Gasteiger partial charge on any atom is 0.434 e. The summed E-state index contributed by atoms with van der Waals surface area (Å²) in [5.74, 6) is 0.403. The standard InChI is InChI=1S/C13H10ClNO3/c14-15(10-4-2-1-3-5-10)13(17)18-12-8-6-11(16)7-9-12/h1-9,16H. The second-order valence-corrected chi connectivity index (χ2v) is 3.82. The van der Waals surface area contributed by atoms with Gasteiger partial charge in [0.1, 0.15) is 11.5 Å². The average molecular weight is 264 g/mol. The number of phenolic OH excluding ortho intramolecular Hbond substituents is 1. The molecule has 5 heteroatoms. The predicted octanol–water partition coefficient (Wildman–Crippen LogP) is 3.55. The number of carbonyl (C=O) groups excluding carboxylic acids is 1. The zero-order valence-corrected chi connectivity index (χ0v) is 10.0. The van der Waals surface area contributed by atoms with E-state index >= 15 is 0 Å². The highest BCUT2D eigenvalue weighted by atomic mass is 35.5. The molecule has 1 amide bonds. The van der Waals surface area contributed by atoms with E-state index in [-0.39, 0.29) is 5.75 Å². The quantitative estimate of drug-likeness (QED) is 0.843. The van der Waals surface area contributed by atoms with Crippen molar-refractivity contribution in [2.75, 3.05) is 4.42 Å². The van der Waals surface area contributed by atoms with Crippen LogP contribution in [-0.2, 0) is 0 Å². The molecule has 0 fully saturated rings. The molecule has 0 heterocycles. The van der Waals surface area contributed by atoms with Gasteiger partial charge >= 0.3 is 6.09 Å². The Kier molecular flexibility index (Phi) is 3.69. The van der Waals surface area contributed by atoms with E-state index in [1.54, 1.807) is 24.3 Å². The lowest BCUT2D eigenvalue weighted by atomic mass is 10.3. The van der Waals surface area contributed by atoms with Crippen LogP contribution >= 0.6 is 11.8 Å². The second-order valence-electron chi connectivity index (χ2n) is 3.48. The molecule has 0 aromatic heterocycles. The summed E-state index contributed by atoms with van der Waals surface area (Å²) in [7, 11) is 0. The summed E-state index contributed by atoms with van der Waals surface area (Å²) in [5.41, 5.74) is 0.517. The molecule has 2 aromatic carbocycles. The van der Waals surface area contributed by atoms with E-state index in [1.165, 1.54) is 24.3 Å². The van der Waals surface area contributed by atoms with E-state index in [9.17, 15) is 4.79 Å². The number of para-hydroxylation sites is 1. The van der Waals surface area contributed by atoms with Gasteiger partial charge in [-0.05, 0) is 36.4 Å². The molecule has 4 nitrogen and oxygen atoms in total. The topological polar surface area (TPSA) is 49.8 Å². The minimum absolute atomic E-state index is 0.0978. The molecule has 0 unspecified atom stereocenters. The zero-order chi connectivity index (χ0) is 13.0. The van der Waals surface area contributed by atoms with Gasteiger partial charge in [0, 0.05) is 11.8 Å². The molecule has 0 radical (unpaired) electrons. The van der Waals surface area contributed by atoms with Crippen molar-refractivity contribution in [1.29, 1.82) is 0 Å². The number of carbonyl (C=O) groups is 1. The number of anilines is 1. The van der Waals surface area contributed by atoms with Gasteiger partial charge in [0.25, 0.3) is 0 Å². The summed E-state index contributed by atoms with van der Waals surface area (Å²) in [6, 6.07) is 14.5. The molecule has 2 aromatic rings. The molecule has 0 spiro atoms. The summed E-state index contributed by atoms with van der Waals surface area (Å²) >= 11 is 5.85. The normalized spacial score (nSPS) is 9.83. The number of amides is 1. The number of nitrogens with zero attached hydrogens (tertiary/aromatic N) is 1. The lowest BCUT2D eigenvalue weighted by Crippen LogP contribution is -2.24. The minimum Gasteiger partial charge on any atom is -0.508 e. The Labute approximate surface area is 109 Å². The minimum atomic E-state index is -0.714. The van der Waals surface area contributed by atoms with Gasteiger partial charge in [0.05, 0.1) is 5.69 Å². The molecule has 0 saturated heterocycles. The van der Waals surface area contributed by atoms with E-state index in [2.05, 4.69) is 0 Å². The van der Waals surface area contributed by atoms with Gasteiger partial charge in [-0.1, -0.05) is 18.2 Å². The largest absolute Gasteiger partial charge is 0.508 e. The van der Waals surface area contributed by atoms with Gasteiger partial charge in [-0.3, -0.25) is 0 Å². The van der Waals surface area contributed by atoms with Gasteiger partial charge < -0.3 is 9.84 Å². The van der Waals surface area contributed by atoms with Crippen LogP contribution in [-0.4, -0.2) is 11.2 Å². The van der Waals surface area contributed by atoms with Crippen LogP contribution in [0.3, 0.4) is 0 Å².